The van der Waals surface area contributed by atoms with E-state index in [1.54, 1.807) is 43.1 Å². The highest BCUT2D eigenvalue weighted by molar-refractivity contribution is 7.98. The molecular formula is C15H14N4O2S. The van der Waals surface area contributed by atoms with Gasteiger partial charge in [0.15, 0.2) is 11.4 Å². The van der Waals surface area contributed by atoms with Crippen LogP contribution in [0.5, 0.6) is 11.5 Å². The van der Waals surface area contributed by atoms with E-state index in [0.29, 0.717) is 34.0 Å². The molecule has 3 N–H and O–H groups in total. The van der Waals surface area contributed by atoms with Gasteiger partial charge >= 0.3 is 0 Å². The van der Waals surface area contributed by atoms with Gasteiger partial charge in [0.1, 0.15) is 17.0 Å². The maximum Gasteiger partial charge on any atom is 0.270 e. The first kappa shape index (κ1) is 14.4. The molecule has 7 heteroatoms. The molecule has 6 nitrogen and oxygen atoms in total. The van der Waals surface area contributed by atoms with Crippen molar-refractivity contribution in [2.24, 2.45) is 0 Å². The van der Waals surface area contributed by atoms with Crippen molar-refractivity contribution in [2.75, 3.05) is 12.0 Å². The van der Waals surface area contributed by atoms with Gasteiger partial charge in [-0.3, -0.25) is 4.79 Å². The molecule has 3 rings (SSSR count). The van der Waals surface area contributed by atoms with E-state index < -0.39 is 0 Å². The second kappa shape index (κ2) is 5.69. The van der Waals surface area contributed by atoms with Crippen LogP contribution in [0.15, 0.2) is 40.2 Å². The van der Waals surface area contributed by atoms with Crippen molar-refractivity contribution in [2.45, 2.75) is 11.8 Å². The van der Waals surface area contributed by atoms with Crippen molar-refractivity contribution >= 4 is 28.6 Å². The third-order valence-electron chi connectivity index (χ3n) is 3.17. The third-order valence-corrected chi connectivity index (χ3v) is 3.96. The minimum absolute atomic E-state index is 0.257. The van der Waals surface area contributed by atoms with E-state index in [-0.39, 0.29) is 5.56 Å². The Balaban J connectivity index is 2.07. The van der Waals surface area contributed by atoms with Gasteiger partial charge in [0.2, 0.25) is 0 Å². The summed E-state index contributed by atoms with van der Waals surface area (Å²) in [5.74, 6) is 1.12. The molecule has 112 valence electrons. The first-order valence-electron chi connectivity index (χ1n) is 6.55. The van der Waals surface area contributed by atoms with E-state index >= 15 is 0 Å². The first-order valence-corrected chi connectivity index (χ1v) is 7.78. The first-order chi connectivity index (χ1) is 10.6. The lowest BCUT2D eigenvalue weighted by Crippen LogP contribution is -2.12. The molecule has 22 heavy (non-hydrogen) atoms. The quantitative estimate of drug-likeness (QED) is 0.570. The van der Waals surface area contributed by atoms with E-state index in [1.165, 1.54) is 0 Å². The predicted octanol–water partition coefficient (Wildman–Crippen LogP) is 2.72. The molecular weight excluding hydrogens is 300 g/mol. The number of aryl methyl sites for hydroxylation is 1. The zero-order valence-corrected chi connectivity index (χ0v) is 12.9. The Morgan fingerprint density at radius 3 is 2.91 bits per heavy atom. The Bertz CT molecular complexity index is 908. The van der Waals surface area contributed by atoms with Crippen molar-refractivity contribution in [1.82, 2.24) is 15.0 Å². The van der Waals surface area contributed by atoms with E-state index in [4.69, 9.17) is 10.5 Å². The fourth-order valence-electron chi connectivity index (χ4n) is 2.02. The summed E-state index contributed by atoms with van der Waals surface area (Å²) in [6, 6.07) is 7.10. The molecule has 2 aromatic heterocycles. The number of fused-ring (bicyclic) bond motifs is 1. The number of aromatic amines is 1. The summed E-state index contributed by atoms with van der Waals surface area (Å²) in [4.78, 5) is 23.8. The van der Waals surface area contributed by atoms with E-state index in [2.05, 4.69) is 15.0 Å². The van der Waals surface area contributed by atoms with Gasteiger partial charge in [0.25, 0.3) is 5.56 Å². The molecule has 0 saturated carbocycles. The summed E-state index contributed by atoms with van der Waals surface area (Å²) >= 11 is 1.54. The molecule has 2 heterocycles. The zero-order chi connectivity index (χ0) is 15.7. The van der Waals surface area contributed by atoms with E-state index in [1.807, 2.05) is 12.3 Å². The summed E-state index contributed by atoms with van der Waals surface area (Å²) in [5.41, 5.74) is 7.60. The van der Waals surface area contributed by atoms with Crippen LogP contribution in [0.2, 0.25) is 0 Å². The number of anilines is 1. The molecule has 0 unspecified atom stereocenters. The number of aromatic nitrogens is 3. The number of nitrogen functional groups attached to an aromatic ring is 1. The van der Waals surface area contributed by atoms with Crippen LogP contribution in [-0.2, 0) is 0 Å². The lowest BCUT2D eigenvalue weighted by atomic mass is 10.3. The number of rotatable bonds is 3. The molecule has 0 aliphatic heterocycles. The van der Waals surface area contributed by atoms with Crippen molar-refractivity contribution in [1.29, 1.82) is 0 Å². The number of pyridine rings is 1. The smallest absolute Gasteiger partial charge is 0.270 e. The number of thioether (sulfide) groups is 1. The second-order valence-corrected chi connectivity index (χ2v) is 5.51. The van der Waals surface area contributed by atoms with Gasteiger partial charge in [0.05, 0.1) is 0 Å². The summed E-state index contributed by atoms with van der Waals surface area (Å²) < 4.78 is 5.86. The Hall–Kier alpha value is -2.54. The number of ether oxygens (including phenoxy) is 1. The molecule has 0 spiro atoms. The summed E-state index contributed by atoms with van der Waals surface area (Å²) in [6.07, 6.45) is 3.54. The highest BCUT2D eigenvalue weighted by Gasteiger charge is 2.09. The highest BCUT2D eigenvalue weighted by atomic mass is 32.2. The molecule has 0 amide bonds. The van der Waals surface area contributed by atoms with Gasteiger partial charge in [-0.25, -0.2) is 9.97 Å². The molecule has 3 aromatic rings. The molecule has 1 aromatic carbocycles. The SMILES string of the molecule is CSc1cc(Oc2ccnc3nc(C)c(=O)[nH]c23)ccc1N. The topological polar surface area (TPSA) is 93.9 Å². The zero-order valence-electron chi connectivity index (χ0n) is 12.1. The van der Waals surface area contributed by atoms with E-state index in [0.717, 1.165) is 4.90 Å². The number of nitrogens with zero attached hydrogens (tertiary/aromatic N) is 2. The number of hydrogen-bond donors (Lipinski definition) is 2. The van der Waals surface area contributed by atoms with Crippen molar-refractivity contribution in [3.05, 3.63) is 46.5 Å². The number of H-pyrrole nitrogens is 1. The number of nitrogens with one attached hydrogen (secondary N) is 1. The second-order valence-electron chi connectivity index (χ2n) is 4.66. The van der Waals surface area contributed by atoms with Crippen LogP contribution in [0.4, 0.5) is 5.69 Å². The molecule has 0 saturated heterocycles. The Morgan fingerprint density at radius 1 is 1.32 bits per heavy atom. The average Bonchev–Trinajstić information content (AvgIpc) is 2.51. The Morgan fingerprint density at radius 2 is 2.14 bits per heavy atom. The fourth-order valence-corrected chi connectivity index (χ4v) is 2.55. The van der Waals surface area contributed by atoms with Gasteiger partial charge in [-0.15, -0.1) is 11.8 Å². The lowest BCUT2D eigenvalue weighted by molar-refractivity contribution is 0.485. The fraction of sp³-hybridized carbons (Fsp3) is 0.133. The Kier molecular flexibility index (Phi) is 3.72. The normalized spacial score (nSPS) is 10.8. The molecule has 0 radical (unpaired) electrons. The number of nitrogens with two attached hydrogens (primary N) is 1. The number of benzene rings is 1. The largest absolute Gasteiger partial charge is 0.455 e. The minimum atomic E-state index is -0.257. The van der Waals surface area contributed by atoms with Crippen LogP contribution < -0.4 is 16.0 Å². The molecule has 0 bridgehead atoms. The molecule has 0 atom stereocenters. The van der Waals surface area contributed by atoms with Crippen molar-refractivity contribution in [3.8, 4) is 11.5 Å². The van der Waals surface area contributed by atoms with E-state index in [9.17, 15) is 4.79 Å². The molecule has 0 aliphatic rings. The van der Waals surface area contributed by atoms with Gasteiger partial charge < -0.3 is 15.5 Å². The average molecular weight is 314 g/mol. The monoisotopic (exact) mass is 314 g/mol. The van der Waals surface area contributed by atoms with Crippen LogP contribution in [-0.4, -0.2) is 21.2 Å². The summed E-state index contributed by atoms with van der Waals surface area (Å²) in [7, 11) is 0. The van der Waals surface area contributed by atoms with Gasteiger partial charge in [-0.05, 0) is 31.4 Å². The van der Waals surface area contributed by atoms with Crippen molar-refractivity contribution < 1.29 is 4.74 Å². The minimum Gasteiger partial charge on any atom is -0.455 e. The van der Waals surface area contributed by atoms with Crippen LogP contribution >= 0.6 is 11.8 Å². The van der Waals surface area contributed by atoms with Gasteiger partial charge in [-0.2, -0.15) is 0 Å². The summed E-state index contributed by atoms with van der Waals surface area (Å²) in [5, 5.41) is 0. The van der Waals surface area contributed by atoms with Crippen LogP contribution in [0.25, 0.3) is 11.2 Å². The van der Waals surface area contributed by atoms with Crippen molar-refractivity contribution in [3.63, 3.8) is 0 Å². The van der Waals surface area contributed by atoms with Crippen LogP contribution in [0, 0.1) is 6.92 Å². The maximum absolute atomic E-state index is 11.8. The van der Waals surface area contributed by atoms with Gasteiger partial charge in [0, 0.05) is 22.8 Å². The lowest BCUT2D eigenvalue weighted by Gasteiger charge is -2.10. The molecule has 0 aliphatic carbocycles. The third kappa shape index (κ3) is 2.62. The molecule has 0 fully saturated rings. The predicted molar refractivity (Wildman–Crippen MR) is 87.6 cm³/mol. The highest BCUT2D eigenvalue weighted by Crippen LogP contribution is 2.31. The van der Waals surface area contributed by atoms with Crippen LogP contribution in [0.3, 0.4) is 0 Å². The Labute approximate surface area is 130 Å². The number of hydrogen-bond acceptors (Lipinski definition) is 6. The van der Waals surface area contributed by atoms with Gasteiger partial charge in [-0.1, -0.05) is 0 Å². The maximum atomic E-state index is 11.8. The summed E-state index contributed by atoms with van der Waals surface area (Å²) in [6.45, 7) is 1.64. The standard InChI is InChI=1S/C15H14N4O2S/c1-8-15(20)19-13-11(5-6-17-14(13)18-8)21-9-3-4-10(16)12(7-9)22-2/h3-7H,16H2,1-2H3,(H,19,20). The van der Waals surface area contributed by atoms with Crippen LogP contribution in [0.1, 0.15) is 5.69 Å².